The molecule has 1 aromatic carbocycles. The molecule has 3 heterocycles. The van der Waals surface area contributed by atoms with Crippen molar-refractivity contribution in [3.05, 3.63) is 85.7 Å². The first kappa shape index (κ1) is 24.9. The summed E-state index contributed by atoms with van der Waals surface area (Å²) in [5, 5.41) is 5.70. The molecule has 4 rings (SSSR count). The van der Waals surface area contributed by atoms with Gasteiger partial charge in [-0.15, -0.1) is 11.3 Å². The maximum atomic E-state index is 13.2. The van der Waals surface area contributed by atoms with Crippen LogP contribution < -0.4 is 10.7 Å². The number of nitrogens with zero attached hydrogens (tertiary/aromatic N) is 3. The molecular weight excluding hydrogens is 460 g/mol. The van der Waals surface area contributed by atoms with E-state index >= 15 is 0 Å². The Balaban J connectivity index is 1.49. The van der Waals surface area contributed by atoms with E-state index in [0.717, 1.165) is 30.0 Å². The van der Waals surface area contributed by atoms with Gasteiger partial charge in [-0.2, -0.15) is 0 Å². The smallest absolute Gasteiger partial charge is 0.259 e. The van der Waals surface area contributed by atoms with E-state index < -0.39 is 11.3 Å². The van der Waals surface area contributed by atoms with Gasteiger partial charge in [0.25, 0.3) is 11.8 Å². The molecule has 1 aliphatic rings. The molecule has 8 heteroatoms. The number of benzene rings is 1. The minimum Gasteiger partial charge on any atom is -0.350 e. The van der Waals surface area contributed by atoms with Crippen molar-refractivity contribution in [2.75, 3.05) is 13.1 Å². The normalized spacial score (nSPS) is 14.3. The quantitative estimate of drug-likeness (QED) is 0.534. The van der Waals surface area contributed by atoms with Crippen LogP contribution in [0.1, 0.15) is 76.6 Å². The van der Waals surface area contributed by atoms with E-state index in [4.69, 9.17) is 0 Å². The zero-order valence-electron chi connectivity index (χ0n) is 20.5. The highest BCUT2D eigenvalue weighted by Crippen LogP contribution is 2.18. The highest BCUT2D eigenvalue weighted by molar-refractivity contribution is 7.09. The molecule has 3 aromatic rings. The number of amides is 2. The van der Waals surface area contributed by atoms with Crippen LogP contribution in [0.5, 0.6) is 0 Å². The summed E-state index contributed by atoms with van der Waals surface area (Å²) in [5.41, 5.74) is 1.44. The lowest BCUT2D eigenvalue weighted by Crippen LogP contribution is -2.41. The molecule has 1 saturated heterocycles. The summed E-state index contributed by atoms with van der Waals surface area (Å²) in [6, 6.07) is 10.1. The fourth-order valence-electron chi connectivity index (χ4n) is 4.14. The zero-order valence-corrected chi connectivity index (χ0v) is 21.3. The molecule has 184 valence electrons. The zero-order chi connectivity index (χ0) is 24.9. The average Bonchev–Trinajstić information content (AvgIpc) is 3.30. The summed E-state index contributed by atoms with van der Waals surface area (Å²) in [5.74, 6) is -0.220. The molecule has 35 heavy (non-hydrogen) atoms. The standard InChI is InChI=1S/C27H32N4O3S/c1-18(2)31-15-22(25(32)23(16-31)27(34)30-11-9-19(3)10-12-30)26(33)28-14-21-17-35-24(29-21)13-20-7-5-4-6-8-20/h4-8,15-19H,9-14H2,1-3H3,(H,28,33). The van der Waals surface area contributed by atoms with Gasteiger partial charge in [-0.1, -0.05) is 37.3 Å². The van der Waals surface area contributed by atoms with Crippen LogP contribution in [0, 0.1) is 5.92 Å². The van der Waals surface area contributed by atoms with Crippen LogP contribution in [0.2, 0.25) is 0 Å². The van der Waals surface area contributed by atoms with Gasteiger partial charge in [0, 0.05) is 43.3 Å². The number of carbonyl (C=O) groups is 2. The average molecular weight is 493 g/mol. The lowest BCUT2D eigenvalue weighted by molar-refractivity contribution is 0.0695. The molecule has 0 spiro atoms. The number of hydrogen-bond donors (Lipinski definition) is 1. The number of aromatic nitrogens is 2. The number of nitrogens with one attached hydrogen (secondary N) is 1. The van der Waals surface area contributed by atoms with Crippen molar-refractivity contribution in [3.63, 3.8) is 0 Å². The Hall–Kier alpha value is -3.26. The van der Waals surface area contributed by atoms with E-state index in [1.807, 2.05) is 37.4 Å². The van der Waals surface area contributed by atoms with Gasteiger partial charge in [-0.3, -0.25) is 14.4 Å². The Kier molecular flexibility index (Phi) is 7.80. The van der Waals surface area contributed by atoms with Gasteiger partial charge in [0.05, 0.1) is 17.2 Å². The van der Waals surface area contributed by atoms with Gasteiger partial charge in [-0.25, -0.2) is 4.98 Å². The lowest BCUT2D eigenvalue weighted by atomic mass is 9.98. The van der Waals surface area contributed by atoms with Gasteiger partial charge in [-0.05, 0) is 38.2 Å². The van der Waals surface area contributed by atoms with Crippen molar-refractivity contribution in [2.24, 2.45) is 5.92 Å². The second kappa shape index (κ2) is 11.0. The van der Waals surface area contributed by atoms with E-state index in [2.05, 4.69) is 29.4 Å². The third-order valence-electron chi connectivity index (χ3n) is 6.42. The number of thiazole rings is 1. The van der Waals surface area contributed by atoms with Crippen LogP contribution in [0.25, 0.3) is 0 Å². The van der Waals surface area contributed by atoms with Gasteiger partial charge < -0.3 is 14.8 Å². The molecule has 0 atom stereocenters. The summed E-state index contributed by atoms with van der Waals surface area (Å²) in [6.45, 7) is 7.55. The largest absolute Gasteiger partial charge is 0.350 e. The maximum absolute atomic E-state index is 13.2. The van der Waals surface area contributed by atoms with E-state index in [9.17, 15) is 14.4 Å². The molecule has 0 radical (unpaired) electrons. The van der Waals surface area contributed by atoms with Gasteiger partial charge >= 0.3 is 0 Å². The van der Waals surface area contributed by atoms with E-state index in [0.29, 0.717) is 19.0 Å². The third kappa shape index (κ3) is 6.06. The first-order valence-electron chi connectivity index (χ1n) is 12.1. The number of likely N-dealkylation sites (tertiary alicyclic amines) is 1. The predicted octanol–water partition coefficient (Wildman–Crippen LogP) is 4.28. The molecule has 0 aliphatic carbocycles. The molecule has 1 fully saturated rings. The fourth-order valence-corrected chi connectivity index (χ4v) is 4.97. The van der Waals surface area contributed by atoms with Crippen LogP contribution in [0.15, 0.2) is 52.9 Å². The number of pyridine rings is 1. The van der Waals surface area contributed by atoms with Gasteiger partial charge in [0.2, 0.25) is 5.43 Å². The first-order chi connectivity index (χ1) is 16.8. The second-order valence-corrected chi connectivity index (χ2v) is 10.5. The number of rotatable bonds is 7. The minimum atomic E-state index is -0.522. The Bertz CT molecular complexity index is 1240. The summed E-state index contributed by atoms with van der Waals surface area (Å²) in [7, 11) is 0. The molecule has 2 aromatic heterocycles. The molecule has 7 nitrogen and oxygen atoms in total. The van der Waals surface area contributed by atoms with E-state index in [1.165, 1.54) is 5.56 Å². The van der Waals surface area contributed by atoms with Crippen LogP contribution in [-0.2, 0) is 13.0 Å². The van der Waals surface area contributed by atoms with E-state index in [1.54, 1.807) is 33.2 Å². The fraction of sp³-hybridized carbons (Fsp3) is 0.407. The Morgan fingerprint density at radius 1 is 1.11 bits per heavy atom. The van der Waals surface area contributed by atoms with Crippen LogP contribution in [-0.4, -0.2) is 39.4 Å². The topological polar surface area (TPSA) is 84.3 Å². The summed E-state index contributed by atoms with van der Waals surface area (Å²) < 4.78 is 1.76. The minimum absolute atomic E-state index is 0.00540. The van der Waals surface area contributed by atoms with Crippen molar-refractivity contribution in [2.45, 2.75) is 52.6 Å². The molecule has 0 saturated carbocycles. The van der Waals surface area contributed by atoms with Crippen molar-refractivity contribution in [3.8, 4) is 0 Å². The molecule has 0 unspecified atom stereocenters. The van der Waals surface area contributed by atoms with E-state index in [-0.39, 0.29) is 29.6 Å². The number of piperidine rings is 1. The van der Waals surface area contributed by atoms with Crippen molar-refractivity contribution >= 4 is 23.2 Å². The second-order valence-electron chi connectivity index (χ2n) is 9.51. The molecule has 1 aliphatic heterocycles. The molecule has 1 N–H and O–H groups in total. The highest BCUT2D eigenvalue weighted by atomic mass is 32.1. The van der Waals surface area contributed by atoms with Crippen molar-refractivity contribution < 1.29 is 9.59 Å². The summed E-state index contributed by atoms with van der Waals surface area (Å²) in [6.07, 6.45) is 5.70. The monoisotopic (exact) mass is 492 g/mol. The van der Waals surface area contributed by atoms with Gasteiger partial charge in [0.15, 0.2) is 0 Å². The van der Waals surface area contributed by atoms with Crippen molar-refractivity contribution in [1.82, 2.24) is 19.8 Å². The maximum Gasteiger partial charge on any atom is 0.259 e. The lowest BCUT2D eigenvalue weighted by Gasteiger charge is -2.30. The Morgan fingerprint density at radius 2 is 1.80 bits per heavy atom. The van der Waals surface area contributed by atoms with Gasteiger partial charge in [0.1, 0.15) is 11.1 Å². The molecule has 0 bridgehead atoms. The van der Waals surface area contributed by atoms with Crippen LogP contribution in [0.4, 0.5) is 0 Å². The first-order valence-corrected chi connectivity index (χ1v) is 13.0. The molecule has 2 amide bonds. The Labute approximate surface area is 209 Å². The predicted molar refractivity (Wildman–Crippen MR) is 138 cm³/mol. The SMILES string of the molecule is CC1CCN(C(=O)c2cn(C(C)C)cc(C(=O)NCc3csc(Cc4ccccc4)n3)c2=O)CC1. The van der Waals surface area contributed by atoms with Crippen LogP contribution in [0.3, 0.4) is 0 Å². The third-order valence-corrected chi connectivity index (χ3v) is 7.31. The van der Waals surface area contributed by atoms with Crippen LogP contribution >= 0.6 is 11.3 Å². The highest BCUT2D eigenvalue weighted by Gasteiger charge is 2.26. The number of carbonyl (C=O) groups excluding carboxylic acids is 2. The Morgan fingerprint density at radius 3 is 2.49 bits per heavy atom. The number of hydrogen-bond acceptors (Lipinski definition) is 5. The summed E-state index contributed by atoms with van der Waals surface area (Å²) >= 11 is 1.55. The molecular formula is C27H32N4O3S. The summed E-state index contributed by atoms with van der Waals surface area (Å²) in [4.78, 5) is 45.8. The van der Waals surface area contributed by atoms with Crippen molar-refractivity contribution in [1.29, 1.82) is 0 Å².